The van der Waals surface area contributed by atoms with E-state index in [1.54, 1.807) is 0 Å². The van der Waals surface area contributed by atoms with Gasteiger partial charge in [0.1, 0.15) is 0 Å². The number of aliphatic hydroxyl groups is 2. The standard InChI is InChI=1S/C23H49NO2/c1-22(2)18-16-14-12-10-8-6-4-3-5-7-9-11-13-15-17-19-24-20-23(26)21-25/h22-26H,3-21H2,1-2H3. The second kappa shape index (κ2) is 21.2. The summed E-state index contributed by atoms with van der Waals surface area (Å²) < 4.78 is 0. The number of unbranched alkanes of at least 4 members (excludes halogenated alkanes) is 14. The Morgan fingerprint density at radius 2 is 1.00 bits per heavy atom. The first kappa shape index (κ1) is 25.9. The maximum absolute atomic E-state index is 9.20. The van der Waals surface area contributed by atoms with Gasteiger partial charge in [-0.15, -0.1) is 0 Å². The molecule has 0 spiro atoms. The third-order valence-electron chi connectivity index (χ3n) is 5.23. The molecule has 0 aromatic carbocycles. The smallest absolute Gasteiger partial charge is 0.0894 e. The van der Waals surface area contributed by atoms with Gasteiger partial charge in [0.05, 0.1) is 12.7 Å². The quantitative estimate of drug-likeness (QED) is 0.223. The van der Waals surface area contributed by atoms with Crippen molar-refractivity contribution < 1.29 is 10.2 Å². The van der Waals surface area contributed by atoms with Crippen molar-refractivity contribution in [3.63, 3.8) is 0 Å². The van der Waals surface area contributed by atoms with E-state index in [0.717, 1.165) is 12.5 Å². The maximum Gasteiger partial charge on any atom is 0.0894 e. The van der Waals surface area contributed by atoms with E-state index in [4.69, 9.17) is 5.11 Å². The SMILES string of the molecule is CC(C)CCCCCCCCCCCCCCCCCNCC(O)CO. The molecule has 3 heteroatoms. The van der Waals surface area contributed by atoms with E-state index in [9.17, 15) is 5.11 Å². The van der Waals surface area contributed by atoms with Crippen LogP contribution in [0.4, 0.5) is 0 Å². The summed E-state index contributed by atoms with van der Waals surface area (Å²) in [6, 6.07) is 0. The van der Waals surface area contributed by atoms with Gasteiger partial charge in [-0.2, -0.15) is 0 Å². The van der Waals surface area contributed by atoms with Crippen LogP contribution in [0, 0.1) is 5.92 Å². The lowest BCUT2D eigenvalue weighted by molar-refractivity contribution is 0.0945. The van der Waals surface area contributed by atoms with Crippen molar-refractivity contribution in [1.82, 2.24) is 5.32 Å². The van der Waals surface area contributed by atoms with E-state index in [1.807, 2.05) is 0 Å². The zero-order valence-electron chi connectivity index (χ0n) is 18.0. The first-order chi connectivity index (χ1) is 12.7. The van der Waals surface area contributed by atoms with Gasteiger partial charge in [0.15, 0.2) is 0 Å². The molecule has 0 aliphatic rings. The van der Waals surface area contributed by atoms with Crippen LogP contribution in [0.3, 0.4) is 0 Å². The maximum atomic E-state index is 9.20. The van der Waals surface area contributed by atoms with E-state index < -0.39 is 6.10 Å². The number of hydrogen-bond donors (Lipinski definition) is 3. The van der Waals surface area contributed by atoms with Gasteiger partial charge >= 0.3 is 0 Å². The molecule has 3 nitrogen and oxygen atoms in total. The number of aliphatic hydroxyl groups excluding tert-OH is 2. The summed E-state index contributed by atoms with van der Waals surface area (Å²) in [5.74, 6) is 0.879. The molecule has 158 valence electrons. The Hall–Kier alpha value is -0.120. The third kappa shape index (κ3) is 21.9. The molecule has 0 aromatic rings. The average Bonchev–Trinajstić information content (AvgIpc) is 2.63. The van der Waals surface area contributed by atoms with Crippen LogP contribution >= 0.6 is 0 Å². The highest BCUT2D eigenvalue weighted by atomic mass is 16.3. The lowest BCUT2D eigenvalue weighted by atomic mass is 10.0. The zero-order chi connectivity index (χ0) is 19.3. The molecule has 1 atom stereocenters. The Morgan fingerprint density at radius 1 is 0.615 bits per heavy atom. The predicted octanol–water partition coefficient (Wildman–Crippen LogP) is 5.83. The monoisotopic (exact) mass is 371 g/mol. The average molecular weight is 372 g/mol. The molecule has 0 saturated carbocycles. The Bertz CT molecular complexity index is 259. The van der Waals surface area contributed by atoms with E-state index in [0.29, 0.717) is 6.54 Å². The molecule has 1 unspecified atom stereocenters. The van der Waals surface area contributed by atoms with E-state index >= 15 is 0 Å². The van der Waals surface area contributed by atoms with Crippen LogP contribution in [-0.4, -0.2) is 36.0 Å². The molecule has 0 rings (SSSR count). The first-order valence-corrected chi connectivity index (χ1v) is 11.7. The van der Waals surface area contributed by atoms with E-state index in [2.05, 4.69) is 19.2 Å². The van der Waals surface area contributed by atoms with Crippen LogP contribution < -0.4 is 5.32 Å². The van der Waals surface area contributed by atoms with Crippen LogP contribution in [0.5, 0.6) is 0 Å². The Labute approximate surface area is 164 Å². The zero-order valence-corrected chi connectivity index (χ0v) is 18.0. The molecule has 0 aromatic heterocycles. The van der Waals surface area contributed by atoms with Gasteiger partial charge in [0.25, 0.3) is 0 Å². The summed E-state index contributed by atoms with van der Waals surface area (Å²) in [5, 5.41) is 21.1. The van der Waals surface area contributed by atoms with Crippen LogP contribution in [0.15, 0.2) is 0 Å². The second-order valence-corrected chi connectivity index (χ2v) is 8.53. The lowest BCUT2D eigenvalue weighted by Crippen LogP contribution is -2.29. The first-order valence-electron chi connectivity index (χ1n) is 11.7. The fourth-order valence-corrected chi connectivity index (χ4v) is 3.43. The summed E-state index contributed by atoms with van der Waals surface area (Å²) >= 11 is 0. The van der Waals surface area contributed by atoms with Crippen molar-refractivity contribution in [2.75, 3.05) is 19.7 Å². The van der Waals surface area contributed by atoms with Gasteiger partial charge in [-0.1, -0.05) is 110 Å². The molecule has 0 fully saturated rings. The van der Waals surface area contributed by atoms with Crippen molar-refractivity contribution in [2.24, 2.45) is 5.92 Å². The summed E-state index contributed by atoms with van der Waals surface area (Å²) in [6.07, 6.45) is 21.7. The molecule has 26 heavy (non-hydrogen) atoms. The topological polar surface area (TPSA) is 52.5 Å². The lowest BCUT2D eigenvalue weighted by Gasteiger charge is -2.08. The Morgan fingerprint density at radius 3 is 1.38 bits per heavy atom. The molecular formula is C23H49NO2. The minimum absolute atomic E-state index is 0.147. The Kier molecular flexibility index (Phi) is 21.1. The largest absolute Gasteiger partial charge is 0.394 e. The van der Waals surface area contributed by atoms with Crippen molar-refractivity contribution in [3.8, 4) is 0 Å². The van der Waals surface area contributed by atoms with Gasteiger partial charge in [0.2, 0.25) is 0 Å². The minimum atomic E-state index is -0.607. The minimum Gasteiger partial charge on any atom is -0.394 e. The summed E-state index contributed by atoms with van der Waals surface area (Å²) in [4.78, 5) is 0. The van der Waals surface area contributed by atoms with Crippen LogP contribution in [0.25, 0.3) is 0 Å². The van der Waals surface area contributed by atoms with Crippen molar-refractivity contribution in [3.05, 3.63) is 0 Å². The highest BCUT2D eigenvalue weighted by Crippen LogP contribution is 2.14. The predicted molar refractivity (Wildman–Crippen MR) is 115 cm³/mol. The molecule has 0 bridgehead atoms. The van der Waals surface area contributed by atoms with Crippen LogP contribution in [-0.2, 0) is 0 Å². The fourth-order valence-electron chi connectivity index (χ4n) is 3.43. The molecule has 0 radical (unpaired) electrons. The second-order valence-electron chi connectivity index (χ2n) is 8.53. The number of hydrogen-bond acceptors (Lipinski definition) is 3. The third-order valence-corrected chi connectivity index (χ3v) is 5.23. The molecular weight excluding hydrogens is 322 g/mol. The molecule has 0 saturated heterocycles. The number of nitrogens with one attached hydrogen (secondary N) is 1. The molecule has 0 heterocycles. The van der Waals surface area contributed by atoms with E-state index in [1.165, 1.54) is 103 Å². The Balaban J connectivity index is 3.01. The van der Waals surface area contributed by atoms with Gasteiger partial charge in [-0.05, 0) is 18.9 Å². The number of rotatable bonds is 21. The van der Waals surface area contributed by atoms with Gasteiger partial charge in [0, 0.05) is 6.54 Å². The van der Waals surface area contributed by atoms with Gasteiger partial charge in [-0.25, -0.2) is 0 Å². The van der Waals surface area contributed by atoms with Crippen molar-refractivity contribution in [2.45, 2.75) is 123 Å². The van der Waals surface area contributed by atoms with Crippen molar-refractivity contribution in [1.29, 1.82) is 0 Å². The fraction of sp³-hybridized carbons (Fsp3) is 1.00. The summed E-state index contributed by atoms with van der Waals surface area (Å²) in [6.45, 7) is 5.97. The molecule has 0 amide bonds. The highest BCUT2D eigenvalue weighted by molar-refractivity contribution is 4.57. The van der Waals surface area contributed by atoms with E-state index in [-0.39, 0.29) is 6.61 Å². The summed E-state index contributed by atoms with van der Waals surface area (Å²) in [5.41, 5.74) is 0. The van der Waals surface area contributed by atoms with Gasteiger partial charge < -0.3 is 15.5 Å². The van der Waals surface area contributed by atoms with Crippen LogP contribution in [0.1, 0.15) is 117 Å². The summed E-state index contributed by atoms with van der Waals surface area (Å²) in [7, 11) is 0. The molecule has 0 aliphatic carbocycles. The van der Waals surface area contributed by atoms with Crippen LogP contribution in [0.2, 0.25) is 0 Å². The molecule has 0 aliphatic heterocycles. The van der Waals surface area contributed by atoms with Gasteiger partial charge in [-0.3, -0.25) is 0 Å². The van der Waals surface area contributed by atoms with Crippen molar-refractivity contribution >= 4 is 0 Å². The highest BCUT2D eigenvalue weighted by Gasteiger charge is 1.99. The normalized spacial score (nSPS) is 12.8. The molecule has 3 N–H and O–H groups in total.